The Morgan fingerprint density at radius 2 is 1.84 bits per heavy atom. The molecule has 3 aromatic rings. The maximum atomic E-state index is 15.0. The molecular weight excluding hydrogens is 557 g/mol. The number of nitrogens with zero attached hydrogens (tertiary/aromatic N) is 5. The van der Waals surface area contributed by atoms with Gasteiger partial charge in [-0.2, -0.15) is 5.10 Å². The van der Waals surface area contributed by atoms with Crippen molar-refractivity contribution in [3.05, 3.63) is 71.1 Å². The standard InChI is InChI=1S/C32H43F3N6O2/c1-20-8-7-9-23(14-20)19-41-30(37-29(38-41)26-15-24(34)10-11-27(26)35)28(32(4,5)6)40(13-12-25(36)16-33)31(42)39-17-21(2)43-22(3)18-39/h7-11,14-15,21-22,25,28H,12-13,16-19,36H2,1-6H3/t21-,22+,25?,28-/m0/s1. The van der Waals surface area contributed by atoms with Crippen LogP contribution in [0.15, 0.2) is 42.5 Å². The van der Waals surface area contributed by atoms with Gasteiger partial charge < -0.3 is 20.3 Å². The number of hydrogen-bond donors (Lipinski definition) is 1. The molecule has 2 aromatic carbocycles. The molecular formula is C32H43F3N6O2. The lowest BCUT2D eigenvalue weighted by atomic mass is 9.84. The van der Waals surface area contributed by atoms with Gasteiger partial charge in [-0.3, -0.25) is 0 Å². The van der Waals surface area contributed by atoms with Crippen LogP contribution in [0.2, 0.25) is 0 Å². The summed E-state index contributed by atoms with van der Waals surface area (Å²) in [4.78, 5) is 22.6. The summed E-state index contributed by atoms with van der Waals surface area (Å²) in [5, 5.41) is 4.67. The van der Waals surface area contributed by atoms with Crippen LogP contribution in [0.4, 0.5) is 18.0 Å². The molecule has 234 valence electrons. The number of amides is 2. The van der Waals surface area contributed by atoms with Crippen molar-refractivity contribution in [3.8, 4) is 11.4 Å². The molecule has 4 atom stereocenters. The van der Waals surface area contributed by atoms with Gasteiger partial charge in [0.2, 0.25) is 0 Å². The van der Waals surface area contributed by atoms with E-state index in [1.807, 2.05) is 65.8 Å². The molecule has 0 radical (unpaired) electrons. The summed E-state index contributed by atoms with van der Waals surface area (Å²) in [5.41, 5.74) is 7.29. The number of nitrogens with two attached hydrogens (primary N) is 1. The van der Waals surface area contributed by atoms with Gasteiger partial charge in [0.15, 0.2) is 11.6 Å². The summed E-state index contributed by atoms with van der Waals surface area (Å²) in [6.07, 6.45) is -0.103. The van der Waals surface area contributed by atoms with E-state index >= 15 is 0 Å². The van der Waals surface area contributed by atoms with Crippen molar-refractivity contribution in [2.75, 3.05) is 26.3 Å². The molecule has 1 saturated heterocycles. The molecule has 0 aliphatic carbocycles. The highest BCUT2D eigenvalue weighted by atomic mass is 19.1. The van der Waals surface area contributed by atoms with Gasteiger partial charge >= 0.3 is 6.03 Å². The number of carbonyl (C=O) groups excluding carboxylic acids is 1. The van der Waals surface area contributed by atoms with Crippen LogP contribution in [-0.2, 0) is 11.3 Å². The maximum Gasteiger partial charge on any atom is 0.320 e. The van der Waals surface area contributed by atoms with E-state index in [9.17, 15) is 18.0 Å². The first-order chi connectivity index (χ1) is 20.3. The van der Waals surface area contributed by atoms with Gasteiger partial charge in [-0.15, -0.1) is 0 Å². The van der Waals surface area contributed by atoms with Crippen LogP contribution in [0.1, 0.15) is 64.0 Å². The smallest absolute Gasteiger partial charge is 0.320 e. The number of alkyl halides is 1. The molecule has 8 nitrogen and oxygen atoms in total. The van der Waals surface area contributed by atoms with Crippen molar-refractivity contribution < 1.29 is 22.7 Å². The maximum absolute atomic E-state index is 15.0. The van der Waals surface area contributed by atoms with Crippen LogP contribution in [0.5, 0.6) is 0 Å². The van der Waals surface area contributed by atoms with Gasteiger partial charge in [0.25, 0.3) is 0 Å². The highest BCUT2D eigenvalue weighted by Gasteiger charge is 2.41. The second-order valence-corrected chi connectivity index (χ2v) is 12.7. The van der Waals surface area contributed by atoms with E-state index in [4.69, 9.17) is 15.5 Å². The van der Waals surface area contributed by atoms with Gasteiger partial charge in [0, 0.05) is 25.7 Å². The average molecular weight is 601 g/mol. The molecule has 0 spiro atoms. The van der Waals surface area contributed by atoms with Crippen molar-refractivity contribution in [1.82, 2.24) is 24.6 Å². The first-order valence-corrected chi connectivity index (χ1v) is 14.7. The molecule has 43 heavy (non-hydrogen) atoms. The molecule has 11 heteroatoms. The van der Waals surface area contributed by atoms with E-state index < -0.39 is 35.8 Å². The highest BCUT2D eigenvalue weighted by molar-refractivity contribution is 5.75. The largest absolute Gasteiger partial charge is 0.372 e. The Morgan fingerprint density at radius 1 is 1.14 bits per heavy atom. The first-order valence-electron chi connectivity index (χ1n) is 14.7. The van der Waals surface area contributed by atoms with Crippen LogP contribution in [-0.4, -0.2) is 75.2 Å². The zero-order chi connectivity index (χ0) is 31.5. The molecule has 2 heterocycles. The van der Waals surface area contributed by atoms with Crippen molar-refractivity contribution in [2.24, 2.45) is 11.1 Å². The molecule has 2 N–H and O–H groups in total. The topological polar surface area (TPSA) is 89.5 Å². The number of rotatable bonds is 9. The zero-order valence-corrected chi connectivity index (χ0v) is 25.9. The van der Waals surface area contributed by atoms with Crippen molar-refractivity contribution >= 4 is 6.03 Å². The predicted molar refractivity (Wildman–Crippen MR) is 160 cm³/mol. The lowest BCUT2D eigenvalue weighted by Crippen LogP contribution is -2.55. The number of urea groups is 1. The van der Waals surface area contributed by atoms with Crippen molar-refractivity contribution in [3.63, 3.8) is 0 Å². The number of halogens is 3. The highest BCUT2D eigenvalue weighted by Crippen LogP contribution is 2.39. The first kappa shape index (κ1) is 32.5. The Bertz CT molecular complexity index is 1400. The van der Waals surface area contributed by atoms with Gasteiger partial charge in [0.05, 0.1) is 30.4 Å². The van der Waals surface area contributed by atoms with Crippen LogP contribution < -0.4 is 5.73 Å². The third-order valence-corrected chi connectivity index (χ3v) is 7.54. The summed E-state index contributed by atoms with van der Waals surface area (Å²) < 4.78 is 50.3. The summed E-state index contributed by atoms with van der Waals surface area (Å²) in [6.45, 7) is 12.2. The molecule has 2 amide bonds. The molecule has 1 aliphatic rings. The van der Waals surface area contributed by atoms with Gasteiger partial charge in [-0.05, 0) is 56.4 Å². The van der Waals surface area contributed by atoms with E-state index in [-0.39, 0.29) is 49.1 Å². The fourth-order valence-corrected chi connectivity index (χ4v) is 5.67. The molecule has 1 aromatic heterocycles. The second kappa shape index (κ2) is 13.5. The minimum atomic E-state index is -0.749. The predicted octanol–water partition coefficient (Wildman–Crippen LogP) is 5.89. The number of morpholine rings is 1. The third-order valence-electron chi connectivity index (χ3n) is 7.54. The fraction of sp³-hybridized carbons (Fsp3) is 0.531. The minimum absolute atomic E-state index is 0.00961. The zero-order valence-electron chi connectivity index (χ0n) is 25.9. The lowest BCUT2D eigenvalue weighted by molar-refractivity contribution is -0.0613. The van der Waals surface area contributed by atoms with E-state index in [2.05, 4.69) is 5.10 Å². The van der Waals surface area contributed by atoms with Crippen LogP contribution in [0, 0.1) is 24.0 Å². The molecule has 1 fully saturated rings. The van der Waals surface area contributed by atoms with E-state index in [0.29, 0.717) is 18.9 Å². The van der Waals surface area contributed by atoms with Gasteiger partial charge in [-0.25, -0.2) is 27.6 Å². The fourth-order valence-electron chi connectivity index (χ4n) is 5.67. The Morgan fingerprint density at radius 3 is 2.47 bits per heavy atom. The monoisotopic (exact) mass is 600 g/mol. The quantitative estimate of drug-likeness (QED) is 0.331. The number of aromatic nitrogens is 3. The molecule has 1 aliphatic heterocycles. The molecule has 0 saturated carbocycles. The van der Waals surface area contributed by atoms with Crippen molar-refractivity contribution in [1.29, 1.82) is 0 Å². The normalized spacial score (nSPS) is 18.9. The van der Waals surface area contributed by atoms with Gasteiger partial charge in [-0.1, -0.05) is 50.6 Å². The Labute approximate surface area is 252 Å². The summed E-state index contributed by atoms with van der Waals surface area (Å²) in [5.74, 6) is -0.862. The Hall–Kier alpha value is -3.44. The molecule has 0 bridgehead atoms. The summed E-state index contributed by atoms with van der Waals surface area (Å²) in [7, 11) is 0. The van der Waals surface area contributed by atoms with Crippen LogP contribution in [0.3, 0.4) is 0 Å². The molecule has 1 unspecified atom stereocenters. The number of aryl methyl sites for hydroxylation is 1. The van der Waals surface area contributed by atoms with Crippen LogP contribution in [0.25, 0.3) is 11.4 Å². The number of ether oxygens (including phenoxy) is 1. The average Bonchev–Trinajstić information content (AvgIpc) is 3.32. The SMILES string of the molecule is Cc1cccc(Cn2nc(-c3cc(F)ccc3F)nc2[C@H](N(CCC(N)CF)C(=O)N2C[C@@H](C)O[C@@H](C)C2)C(C)(C)C)c1. The number of carbonyl (C=O) groups is 1. The number of benzene rings is 2. The van der Waals surface area contributed by atoms with E-state index in [0.717, 1.165) is 29.3 Å². The summed E-state index contributed by atoms with van der Waals surface area (Å²) in [6, 6.07) is 9.35. The summed E-state index contributed by atoms with van der Waals surface area (Å²) >= 11 is 0. The Balaban J connectivity index is 1.87. The van der Waals surface area contributed by atoms with Crippen LogP contribution >= 0.6 is 0 Å². The van der Waals surface area contributed by atoms with Gasteiger partial charge in [0.1, 0.15) is 18.3 Å². The molecule has 4 rings (SSSR count). The minimum Gasteiger partial charge on any atom is -0.372 e. The number of hydrogen-bond acceptors (Lipinski definition) is 5. The second-order valence-electron chi connectivity index (χ2n) is 12.7. The third kappa shape index (κ3) is 7.94. The van der Waals surface area contributed by atoms with E-state index in [1.54, 1.807) is 14.5 Å². The lowest BCUT2D eigenvalue weighted by Gasteiger charge is -2.44. The Kier molecular flexibility index (Phi) is 10.2. The van der Waals surface area contributed by atoms with Crippen molar-refractivity contribution in [2.45, 2.75) is 78.8 Å². The van der Waals surface area contributed by atoms with E-state index in [1.165, 1.54) is 0 Å².